The van der Waals surface area contributed by atoms with Crippen molar-refractivity contribution in [2.45, 2.75) is 25.8 Å². The zero-order valence-electron chi connectivity index (χ0n) is 11.5. The van der Waals surface area contributed by atoms with Crippen LogP contribution in [0, 0.1) is 5.92 Å². The van der Waals surface area contributed by atoms with Gasteiger partial charge in [-0.1, -0.05) is 22.9 Å². The molecule has 0 bridgehead atoms. The smallest absolute Gasteiger partial charge is 0.326 e. The number of aliphatic carboxylic acids is 1. The van der Waals surface area contributed by atoms with Gasteiger partial charge in [-0.15, -0.1) is 0 Å². The zero-order valence-corrected chi connectivity index (χ0v) is 14.6. The molecule has 0 saturated carbocycles. The average molecular weight is 420 g/mol. The summed E-state index contributed by atoms with van der Waals surface area (Å²) in [5.41, 5.74) is 0.608. The minimum Gasteiger partial charge on any atom is -0.480 e. The summed E-state index contributed by atoms with van der Waals surface area (Å²) in [6.07, 6.45) is 1.30. The molecule has 5 nitrogen and oxygen atoms in total. The Balaban J connectivity index is 2.15. The van der Waals surface area contributed by atoms with E-state index in [1.807, 2.05) is 19.1 Å². The summed E-state index contributed by atoms with van der Waals surface area (Å²) >= 11 is 6.71. The largest absolute Gasteiger partial charge is 0.480 e. The van der Waals surface area contributed by atoms with Crippen molar-refractivity contribution in [2.24, 2.45) is 5.92 Å². The number of carboxylic acid groups (broad SMARTS) is 1. The number of carbonyl (C=O) groups is 2. The lowest BCUT2D eigenvalue weighted by molar-refractivity contribution is -0.143. The third kappa shape index (κ3) is 3.97. The summed E-state index contributed by atoms with van der Waals surface area (Å²) in [7, 11) is 0. The number of hydrogen-bond acceptors (Lipinski definition) is 2. The summed E-state index contributed by atoms with van der Waals surface area (Å²) in [6, 6.07) is 4.28. The van der Waals surface area contributed by atoms with E-state index in [1.165, 1.54) is 4.90 Å². The SMILES string of the molecule is CC1CCN(C(=O)Nc2cc(Br)ccc2Br)C(C(=O)O)C1. The third-order valence-electron chi connectivity index (χ3n) is 3.58. The molecule has 1 fully saturated rings. The summed E-state index contributed by atoms with van der Waals surface area (Å²) in [5.74, 6) is -0.641. The molecule has 2 rings (SSSR count). The van der Waals surface area contributed by atoms with E-state index >= 15 is 0 Å². The van der Waals surface area contributed by atoms with Crippen LogP contribution >= 0.6 is 31.9 Å². The molecule has 1 aromatic carbocycles. The number of likely N-dealkylation sites (tertiary alicyclic amines) is 1. The van der Waals surface area contributed by atoms with Gasteiger partial charge in [0, 0.05) is 15.5 Å². The Labute approximate surface area is 140 Å². The molecule has 2 amide bonds. The average Bonchev–Trinajstić information content (AvgIpc) is 2.42. The van der Waals surface area contributed by atoms with Crippen molar-refractivity contribution >= 4 is 49.5 Å². The molecule has 1 aliphatic heterocycles. The van der Waals surface area contributed by atoms with Crippen LogP contribution in [0.3, 0.4) is 0 Å². The van der Waals surface area contributed by atoms with E-state index in [2.05, 4.69) is 37.2 Å². The summed E-state index contributed by atoms with van der Waals surface area (Å²) in [5, 5.41) is 12.1. The maximum absolute atomic E-state index is 12.4. The minimum atomic E-state index is -0.954. The van der Waals surface area contributed by atoms with Crippen molar-refractivity contribution < 1.29 is 14.7 Å². The molecule has 7 heteroatoms. The standard InChI is InChI=1S/C14H16Br2N2O3/c1-8-4-5-18(12(6-8)13(19)20)14(21)17-11-7-9(15)2-3-10(11)16/h2-3,7-8,12H,4-6H2,1H3,(H,17,21)(H,19,20). The highest BCUT2D eigenvalue weighted by atomic mass is 79.9. The van der Waals surface area contributed by atoms with Crippen LogP contribution in [-0.4, -0.2) is 34.6 Å². The van der Waals surface area contributed by atoms with Crippen molar-refractivity contribution in [1.29, 1.82) is 0 Å². The van der Waals surface area contributed by atoms with Gasteiger partial charge in [0.05, 0.1) is 5.69 Å². The van der Waals surface area contributed by atoms with E-state index in [9.17, 15) is 14.7 Å². The van der Waals surface area contributed by atoms with Gasteiger partial charge in [0.15, 0.2) is 0 Å². The van der Waals surface area contributed by atoms with E-state index in [-0.39, 0.29) is 6.03 Å². The molecule has 21 heavy (non-hydrogen) atoms. The van der Waals surface area contributed by atoms with Crippen LogP contribution in [0.1, 0.15) is 19.8 Å². The number of nitrogens with one attached hydrogen (secondary N) is 1. The Morgan fingerprint density at radius 1 is 1.38 bits per heavy atom. The zero-order chi connectivity index (χ0) is 15.6. The fourth-order valence-corrected chi connectivity index (χ4v) is 3.11. The second kappa shape index (κ2) is 6.79. The van der Waals surface area contributed by atoms with Crippen LogP contribution in [0.15, 0.2) is 27.1 Å². The Bertz CT molecular complexity index is 565. The molecule has 2 N–H and O–H groups in total. The number of nitrogens with zero attached hydrogens (tertiary/aromatic N) is 1. The normalized spacial score (nSPS) is 22.0. The number of urea groups is 1. The van der Waals surface area contributed by atoms with Crippen LogP contribution in [0.2, 0.25) is 0 Å². The summed E-state index contributed by atoms with van der Waals surface area (Å²) in [4.78, 5) is 25.1. The first kappa shape index (κ1) is 16.3. The first-order valence-corrected chi connectivity index (χ1v) is 8.22. The molecule has 1 saturated heterocycles. The molecule has 1 heterocycles. The molecule has 1 aliphatic rings. The van der Waals surface area contributed by atoms with E-state index in [4.69, 9.17) is 0 Å². The van der Waals surface area contributed by atoms with Gasteiger partial charge < -0.3 is 15.3 Å². The maximum atomic E-state index is 12.4. The Hall–Kier alpha value is -1.08. The number of piperidine rings is 1. The second-order valence-electron chi connectivity index (χ2n) is 5.23. The predicted octanol–water partition coefficient (Wildman–Crippen LogP) is 3.93. The maximum Gasteiger partial charge on any atom is 0.326 e. The van der Waals surface area contributed by atoms with Crippen molar-refractivity contribution in [3.8, 4) is 0 Å². The molecular formula is C14H16Br2N2O3. The van der Waals surface area contributed by atoms with Crippen LogP contribution < -0.4 is 5.32 Å². The van der Waals surface area contributed by atoms with Crippen molar-refractivity contribution in [3.63, 3.8) is 0 Å². The molecule has 2 atom stereocenters. The molecule has 0 aromatic heterocycles. The lowest BCUT2D eigenvalue weighted by Gasteiger charge is -2.35. The van der Waals surface area contributed by atoms with Gasteiger partial charge in [-0.2, -0.15) is 0 Å². The first-order valence-electron chi connectivity index (χ1n) is 6.64. The highest BCUT2D eigenvalue weighted by Crippen LogP contribution is 2.28. The molecule has 114 valence electrons. The van der Waals surface area contributed by atoms with Gasteiger partial charge in [0.25, 0.3) is 0 Å². The van der Waals surface area contributed by atoms with Gasteiger partial charge in [0.2, 0.25) is 0 Å². The second-order valence-corrected chi connectivity index (χ2v) is 7.00. The molecule has 2 unspecified atom stereocenters. The number of rotatable bonds is 2. The fourth-order valence-electron chi connectivity index (χ4n) is 2.40. The summed E-state index contributed by atoms with van der Waals surface area (Å²) in [6.45, 7) is 2.46. The van der Waals surface area contributed by atoms with Gasteiger partial charge in [-0.05, 0) is 52.9 Å². The highest BCUT2D eigenvalue weighted by Gasteiger charge is 2.34. The molecule has 1 aromatic rings. The number of carboxylic acids is 1. The Kier molecular flexibility index (Phi) is 5.27. The molecule has 0 spiro atoms. The van der Waals surface area contributed by atoms with E-state index in [0.29, 0.717) is 24.6 Å². The third-order valence-corrected chi connectivity index (χ3v) is 4.77. The van der Waals surface area contributed by atoms with Crippen LogP contribution in [0.5, 0.6) is 0 Å². The topological polar surface area (TPSA) is 69.6 Å². The molecule has 0 aliphatic carbocycles. The number of hydrogen-bond donors (Lipinski definition) is 2. The fraction of sp³-hybridized carbons (Fsp3) is 0.429. The van der Waals surface area contributed by atoms with Crippen LogP contribution in [-0.2, 0) is 4.79 Å². The van der Waals surface area contributed by atoms with Crippen molar-refractivity contribution in [1.82, 2.24) is 4.90 Å². The van der Waals surface area contributed by atoms with E-state index in [1.54, 1.807) is 6.07 Å². The van der Waals surface area contributed by atoms with Gasteiger partial charge in [-0.3, -0.25) is 0 Å². The quantitative estimate of drug-likeness (QED) is 0.762. The molecular weight excluding hydrogens is 404 g/mol. The first-order chi connectivity index (χ1) is 9.88. The van der Waals surface area contributed by atoms with Gasteiger partial charge in [-0.25, -0.2) is 9.59 Å². The van der Waals surface area contributed by atoms with Crippen LogP contribution in [0.4, 0.5) is 10.5 Å². The van der Waals surface area contributed by atoms with Crippen LogP contribution in [0.25, 0.3) is 0 Å². The van der Waals surface area contributed by atoms with E-state index < -0.39 is 12.0 Å². The molecule has 0 radical (unpaired) electrons. The summed E-state index contributed by atoms with van der Waals surface area (Å²) < 4.78 is 1.58. The number of amides is 2. The Morgan fingerprint density at radius 3 is 2.76 bits per heavy atom. The van der Waals surface area contributed by atoms with Crippen molar-refractivity contribution in [3.05, 3.63) is 27.1 Å². The van der Waals surface area contributed by atoms with Crippen molar-refractivity contribution in [2.75, 3.05) is 11.9 Å². The van der Waals surface area contributed by atoms with Gasteiger partial charge in [0.1, 0.15) is 6.04 Å². The number of anilines is 1. The number of carbonyl (C=O) groups excluding carboxylic acids is 1. The van der Waals surface area contributed by atoms with E-state index in [0.717, 1.165) is 15.4 Å². The Morgan fingerprint density at radius 2 is 2.10 bits per heavy atom. The van der Waals surface area contributed by atoms with Gasteiger partial charge >= 0.3 is 12.0 Å². The lowest BCUT2D eigenvalue weighted by atomic mass is 9.93. The number of halogens is 2. The number of benzene rings is 1. The predicted molar refractivity (Wildman–Crippen MR) is 87.4 cm³/mol. The monoisotopic (exact) mass is 418 g/mol. The minimum absolute atomic E-state index is 0.313. The lowest BCUT2D eigenvalue weighted by Crippen LogP contribution is -2.51. The highest BCUT2D eigenvalue weighted by molar-refractivity contribution is 9.11.